The van der Waals surface area contributed by atoms with Crippen LogP contribution < -0.4 is 20.7 Å². The first-order valence-electron chi connectivity index (χ1n) is 10.7. The number of hydrogen-bond donors (Lipinski definition) is 2. The number of benzene rings is 2. The van der Waals surface area contributed by atoms with Gasteiger partial charge in [0, 0.05) is 50.0 Å². The van der Waals surface area contributed by atoms with Crippen LogP contribution >= 0.6 is 11.8 Å². The number of carbonyl (C=O) groups excluding carboxylic acids is 2. The zero-order valence-electron chi connectivity index (χ0n) is 18.6. The molecule has 32 heavy (non-hydrogen) atoms. The standard InChI is InChI=1S/C24H31N3O4S/c1-27(2)19-6-4-18(5-7-19)22(28)26-14-3-15-31-20-8-10-21(11-9-20)32-24(23(25)29)12-16-30-17-13-24/h4-11H,3,12-17H2,1-2H3,(H2,25,29)(H,26,28). The highest BCUT2D eigenvalue weighted by molar-refractivity contribution is 8.01. The van der Waals surface area contributed by atoms with Crippen LogP contribution in [0.1, 0.15) is 29.6 Å². The molecule has 172 valence electrons. The fourth-order valence-electron chi connectivity index (χ4n) is 3.41. The maximum Gasteiger partial charge on any atom is 0.251 e. The van der Waals surface area contributed by atoms with Crippen molar-refractivity contribution in [3.8, 4) is 5.75 Å². The van der Waals surface area contributed by atoms with E-state index < -0.39 is 4.75 Å². The van der Waals surface area contributed by atoms with Gasteiger partial charge in [0.25, 0.3) is 5.91 Å². The molecular formula is C24H31N3O4S. The Labute approximate surface area is 193 Å². The van der Waals surface area contributed by atoms with Crippen LogP contribution in [-0.2, 0) is 9.53 Å². The molecule has 1 saturated heterocycles. The molecule has 0 spiro atoms. The molecule has 0 radical (unpaired) electrons. The Kier molecular flexibility index (Phi) is 8.41. The SMILES string of the molecule is CN(C)c1ccc(C(=O)NCCCOc2ccc(SC3(C(N)=O)CCOCC3)cc2)cc1. The van der Waals surface area contributed by atoms with E-state index in [1.54, 1.807) is 0 Å². The summed E-state index contributed by atoms with van der Waals surface area (Å²) in [7, 11) is 3.93. The van der Waals surface area contributed by atoms with Crippen LogP contribution in [0.3, 0.4) is 0 Å². The average Bonchev–Trinajstić information content (AvgIpc) is 2.80. The maximum atomic E-state index is 12.2. The number of anilines is 1. The minimum atomic E-state index is -0.606. The van der Waals surface area contributed by atoms with Crippen molar-refractivity contribution >= 4 is 29.3 Å². The van der Waals surface area contributed by atoms with E-state index in [9.17, 15) is 9.59 Å². The van der Waals surface area contributed by atoms with Gasteiger partial charge in [0.2, 0.25) is 5.91 Å². The van der Waals surface area contributed by atoms with Gasteiger partial charge in [-0.3, -0.25) is 9.59 Å². The van der Waals surface area contributed by atoms with Crippen LogP contribution in [0, 0.1) is 0 Å². The van der Waals surface area contributed by atoms with Crippen molar-refractivity contribution in [3.05, 3.63) is 54.1 Å². The first-order valence-corrected chi connectivity index (χ1v) is 11.6. The van der Waals surface area contributed by atoms with Crippen molar-refractivity contribution in [1.29, 1.82) is 0 Å². The summed E-state index contributed by atoms with van der Waals surface area (Å²) < 4.78 is 10.5. The zero-order valence-corrected chi connectivity index (χ0v) is 19.5. The van der Waals surface area contributed by atoms with E-state index in [4.69, 9.17) is 15.2 Å². The monoisotopic (exact) mass is 457 g/mol. The van der Waals surface area contributed by atoms with Gasteiger partial charge in [0.1, 0.15) is 10.5 Å². The van der Waals surface area contributed by atoms with Crippen molar-refractivity contribution < 1.29 is 19.1 Å². The molecule has 1 heterocycles. The first kappa shape index (κ1) is 23.9. The number of nitrogens with two attached hydrogens (primary N) is 1. The summed E-state index contributed by atoms with van der Waals surface area (Å²) in [5, 5.41) is 2.91. The predicted octanol–water partition coefficient (Wildman–Crippen LogP) is 3.08. The highest BCUT2D eigenvalue weighted by Gasteiger charge is 2.39. The van der Waals surface area contributed by atoms with E-state index in [1.807, 2.05) is 67.5 Å². The van der Waals surface area contributed by atoms with Gasteiger partial charge in [-0.1, -0.05) is 0 Å². The lowest BCUT2D eigenvalue weighted by atomic mass is 9.98. The number of carbonyl (C=O) groups is 2. The number of hydrogen-bond acceptors (Lipinski definition) is 6. The molecule has 8 heteroatoms. The number of amides is 2. The highest BCUT2D eigenvalue weighted by atomic mass is 32.2. The number of rotatable bonds is 10. The fraction of sp³-hybridized carbons (Fsp3) is 0.417. The summed E-state index contributed by atoms with van der Waals surface area (Å²) in [5.41, 5.74) is 7.37. The Morgan fingerprint density at radius 3 is 2.34 bits per heavy atom. The number of nitrogens with zero attached hydrogens (tertiary/aromatic N) is 1. The fourth-order valence-corrected chi connectivity index (χ4v) is 4.60. The van der Waals surface area contributed by atoms with Crippen molar-refractivity contribution in [3.63, 3.8) is 0 Å². The molecule has 0 aromatic heterocycles. The van der Waals surface area contributed by atoms with E-state index >= 15 is 0 Å². The highest BCUT2D eigenvalue weighted by Crippen LogP contribution is 2.40. The summed E-state index contributed by atoms with van der Waals surface area (Å²) in [6.45, 7) is 2.13. The smallest absolute Gasteiger partial charge is 0.251 e. The van der Waals surface area contributed by atoms with Gasteiger partial charge >= 0.3 is 0 Å². The third-order valence-corrected chi connectivity index (χ3v) is 6.92. The first-order chi connectivity index (χ1) is 15.4. The van der Waals surface area contributed by atoms with Crippen LogP contribution in [0.15, 0.2) is 53.4 Å². The molecular weight excluding hydrogens is 426 g/mol. The Hall–Kier alpha value is -2.71. The van der Waals surface area contributed by atoms with Gasteiger partial charge in [-0.05, 0) is 67.8 Å². The van der Waals surface area contributed by atoms with Crippen molar-refractivity contribution in [2.45, 2.75) is 28.9 Å². The Morgan fingerprint density at radius 2 is 1.75 bits per heavy atom. The maximum absolute atomic E-state index is 12.2. The van der Waals surface area contributed by atoms with Crippen LogP contribution in [0.4, 0.5) is 5.69 Å². The Bertz CT molecular complexity index is 894. The molecule has 0 saturated carbocycles. The molecule has 2 amide bonds. The van der Waals surface area contributed by atoms with Gasteiger partial charge in [0.05, 0.1) is 6.61 Å². The Morgan fingerprint density at radius 1 is 1.09 bits per heavy atom. The topological polar surface area (TPSA) is 93.9 Å². The van der Waals surface area contributed by atoms with E-state index in [0.717, 1.165) is 16.3 Å². The predicted molar refractivity (Wildman–Crippen MR) is 127 cm³/mol. The average molecular weight is 458 g/mol. The second kappa shape index (κ2) is 11.2. The van der Waals surface area contributed by atoms with Crippen LogP contribution in [0.5, 0.6) is 5.75 Å². The molecule has 1 aliphatic heterocycles. The third kappa shape index (κ3) is 6.40. The summed E-state index contributed by atoms with van der Waals surface area (Å²) in [6.07, 6.45) is 1.94. The molecule has 0 bridgehead atoms. The molecule has 0 aliphatic carbocycles. The molecule has 0 unspecified atom stereocenters. The van der Waals surface area contributed by atoms with Crippen molar-refractivity contribution in [2.75, 3.05) is 45.4 Å². The largest absolute Gasteiger partial charge is 0.494 e. The Balaban J connectivity index is 1.40. The lowest BCUT2D eigenvalue weighted by molar-refractivity contribution is -0.122. The van der Waals surface area contributed by atoms with Crippen LogP contribution in [0.2, 0.25) is 0 Å². The lowest BCUT2D eigenvalue weighted by Gasteiger charge is -2.33. The van der Waals surface area contributed by atoms with Gasteiger partial charge < -0.3 is 25.4 Å². The third-order valence-electron chi connectivity index (χ3n) is 5.41. The van der Waals surface area contributed by atoms with Crippen LogP contribution in [-0.4, -0.2) is 57.0 Å². The van der Waals surface area contributed by atoms with E-state index in [-0.39, 0.29) is 11.8 Å². The van der Waals surface area contributed by atoms with E-state index in [1.165, 1.54) is 11.8 Å². The molecule has 2 aromatic rings. The molecule has 1 aliphatic rings. The summed E-state index contributed by atoms with van der Waals surface area (Å²) in [6, 6.07) is 15.2. The quantitative estimate of drug-likeness (QED) is 0.533. The molecule has 7 nitrogen and oxygen atoms in total. The zero-order chi connectivity index (χ0) is 23.0. The van der Waals surface area contributed by atoms with Gasteiger partial charge in [0.15, 0.2) is 0 Å². The number of primary amides is 1. The number of thioether (sulfide) groups is 1. The number of nitrogens with one attached hydrogen (secondary N) is 1. The normalized spacial score (nSPS) is 15.1. The van der Waals surface area contributed by atoms with E-state index in [0.29, 0.717) is 51.2 Å². The van der Waals surface area contributed by atoms with Gasteiger partial charge in [-0.2, -0.15) is 0 Å². The van der Waals surface area contributed by atoms with Crippen molar-refractivity contribution in [1.82, 2.24) is 5.32 Å². The van der Waals surface area contributed by atoms with Gasteiger partial charge in [-0.15, -0.1) is 11.8 Å². The summed E-state index contributed by atoms with van der Waals surface area (Å²) in [4.78, 5) is 27.2. The summed E-state index contributed by atoms with van der Waals surface area (Å²) >= 11 is 1.50. The minimum absolute atomic E-state index is 0.0897. The number of ether oxygens (including phenoxy) is 2. The molecule has 3 rings (SSSR count). The van der Waals surface area contributed by atoms with E-state index in [2.05, 4.69) is 5.32 Å². The second-order valence-corrected chi connectivity index (χ2v) is 9.40. The second-order valence-electron chi connectivity index (χ2n) is 7.94. The van der Waals surface area contributed by atoms with Crippen molar-refractivity contribution in [2.24, 2.45) is 5.73 Å². The summed E-state index contributed by atoms with van der Waals surface area (Å²) in [5.74, 6) is 0.370. The molecule has 1 fully saturated rings. The van der Waals surface area contributed by atoms with Gasteiger partial charge in [-0.25, -0.2) is 0 Å². The molecule has 0 atom stereocenters. The molecule has 3 N–H and O–H groups in total. The minimum Gasteiger partial charge on any atom is -0.494 e. The van der Waals surface area contributed by atoms with Crippen LogP contribution in [0.25, 0.3) is 0 Å². The molecule has 2 aromatic carbocycles. The lowest BCUT2D eigenvalue weighted by Crippen LogP contribution is -2.45.